The van der Waals surface area contributed by atoms with Gasteiger partial charge in [0.25, 0.3) is 0 Å². The highest BCUT2D eigenvalue weighted by Crippen LogP contribution is 2.47. The minimum absolute atomic E-state index is 0.123. The lowest BCUT2D eigenvalue weighted by Gasteiger charge is -2.53. The number of amides is 2. The molecule has 0 spiro atoms. The molecule has 55 heavy (non-hydrogen) atoms. The molecular formula is C46H59FN4O4. The lowest BCUT2D eigenvalue weighted by molar-refractivity contribution is -0.166. The van der Waals surface area contributed by atoms with E-state index in [2.05, 4.69) is 63.6 Å². The molecule has 8 nitrogen and oxygen atoms in total. The van der Waals surface area contributed by atoms with Crippen LogP contribution in [0.15, 0.2) is 84.9 Å². The largest absolute Gasteiger partial charge is 0.466 e. The maximum atomic E-state index is 14.9. The van der Waals surface area contributed by atoms with E-state index in [1.54, 1.807) is 12.1 Å². The zero-order valence-corrected chi connectivity index (χ0v) is 32.6. The number of esters is 1. The van der Waals surface area contributed by atoms with Crippen molar-refractivity contribution in [1.29, 1.82) is 0 Å². The van der Waals surface area contributed by atoms with E-state index in [0.717, 1.165) is 62.6 Å². The quantitative estimate of drug-likeness (QED) is 0.196. The Labute approximate surface area is 326 Å². The summed E-state index contributed by atoms with van der Waals surface area (Å²) in [5.74, 6) is -0.512. The van der Waals surface area contributed by atoms with Crippen LogP contribution in [0.2, 0.25) is 0 Å². The number of halogens is 1. The molecule has 7 rings (SSSR count). The molecule has 3 aromatic carbocycles. The molecule has 2 heterocycles. The van der Waals surface area contributed by atoms with E-state index in [9.17, 15) is 18.8 Å². The smallest absolute Gasteiger partial charge is 0.312 e. The number of likely N-dealkylation sites (tertiary alicyclic amines) is 1. The molecule has 2 amide bonds. The zero-order chi connectivity index (χ0) is 38.2. The molecule has 1 unspecified atom stereocenters. The molecule has 0 radical (unpaired) electrons. The highest BCUT2D eigenvalue weighted by Gasteiger charge is 2.50. The van der Waals surface area contributed by atoms with Crippen molar-refractivity contribution in [3.8, 4) is 0 Å². The number of hydrogen-bond acceptors (Lipinski definition) is 6. The Balaban J connectivity index is 1.15. The monoisotopic (exact) mass is 750 g/mol. The summed E-state index contributed by atoms with van der Waals surface area (Å²) >= 11 is 0. The molecule has 4 fully saturated rings. The van der Waals surface area contributed by atoms with Crippen LogP contribution in [0.4, 0.5) is 4.39 Å². The van der Waals surface area contributed by atoms with E-state index in [-0.39, 0.29) is 42.0 Å². The number of fused-ring (bicyclic) bond motifs is 1. The first kappa shape index (κ1) is 39.2. The number of carbonyl (C=O) groups excluding carboxylic acids is 3. The van der Waals surface area contributed by atoms with Crippen LogP contribution in [0.1, 0.15) is 94.2 Å². The molecule has 2 aliphatic heterocycles. The van der Waals surface area contributed by atoms with Gasteiger partial charge >= 0.3 is 5.97 Å². The summed E-state index contributed by atoms with van der Waals surface area (Å²) in [7, 11) is 0. The Morgan fingerprint density at radius 2 is 1.36 bits per heavy atom. The van der Waals surface area contributed by atoms with Crippen molar-refractivity contribution in [1.82, 2.24) is 20.0 Å². The van der Waals surface area contributed by atoms with Gasteiger partial charge in [0.2, 0.25) is 11.8 Å². The van der Waals surface area contributed by atoms with Crippen LogP contribution in [0.5, 0.6) is 0 Å². The van der Waals surface area contributed by atoms with Crippen LogP contribution in [0, 0.1) is 17.2 Å². The first-order chi connectivity index (χ1) is 26.8. The van der Waals surface area contributed by atoms with Crippen molar-refractivity contribution >= 4 is 17.8 Å². The van der Waals surface area contributed by atoms with Gasteiger partial charge in [-0.1, -0.05) is 105 Å². The second kappa shape index (κ2) is 18.2. The highest BCUT2D eigenvalue weighted by molar-refractivity contribution is 5.90. The van der Waals surface area contributed by atoms with Gasteiger partial charge in [-0.25, -0.2) is 4.39 Å². The predicted molar refractivity (Wildman–Crippen MR) is 212 cm³/mol. The van der Waals surface area contributed by atoms with Crippen molar-refractivity contribution in [2.24, 2.45) is 11.3 Å². The zero-order valence-electron chi connectivity index (χ0n) is 32.6. The molecule has 3 aromatic rings. The summed E-state index contributed by atoms with van der Waals surface area (Å²) in [4.78, 5) is 49.9. The van der Waals surface area contributed by atoms with Gasteiger partial charge in [-0.3, -0.25) is 24.2 Å². The molecule has 1 N–H and O–H groups in total. The summed E-state index contributed by atoms with van der Waals surface area (Å²) in [6.07, 6.45) is 11.2. The summed E-state index contributed by atoms with van der Waals surface area (Å²) in [6.45, 7) is 5.04. The average molecular weight is 751 g/mol. The van der Waals surface area contributed by atoms with Crippen LogP contribution >= 0.6 is 0 Å². The first-order valence-corrected chi connectivity index (χ1v) is 20.9. The van der Waals surface area contributed by atoms with Gasteiger partial charge in [-0.05, 0) is 80.2 Å². The van der Waals surface area contributed by atoms with Gasteiger partial charge in [-0.2, -0.15) is 0 Å². The fourth-order valence-corrected chi connectivity index (χ4v) is 10.2. The molecule has 4 aliphatic rings. The van der Waals surface area contributed by atoms with Crippen molar-refractivity contribution in [2.45, 2.75) is 121 Å². The number of hydrogen-bond donors (Lipinski definition) is 1. The standard InChI is InChI=1S/C46H59FN4O4/c1-2-55-45(54)46(37-18-10-5-11-19-37)26-28-49(29-27-46)44(53)39(30-34-22-24-38(47)25-23-34)48-43(52)42-33-50(31-35-14-6-3-7-15-35)40-20-12-13-21-41(40)51(42)32-36-16-8-4-9-17-36/h3-4,6-9,14-17,22-25,37,39-42H,2,5,10-13,18-21,26-33H2,1H3,(H,48,52)/t39-,40+,41-,42?/m1/s1. The fraction of sp³-hybridized carbons (Fsp3) is 0.543. The van der Waals surface area contributed by atoms with Gasteiger partial charge in [0.05, 0.1) is 12.0 Å². The summed E-state index contributed by atoms with van der Waals surface area (Å²) in [5.41, 5.74) is 2.59. The van der Waals surface area contributed by atoms with Gasteiger partial charge < -0.3 is 15.0 Å². The SMILES string of the molecule is CCOC(=O)C1(C2CCCCC2)CCN(C(=O)[C@@H](Cc2ccc(F)cc2)NC(=O)C2CN(Cc3ccccc3)[C@H]3CCCC[C@H]3N2Cc2ccccc2)CC1. The Morgan fingerprint density at radius 1 is 0.764 bits per heavy atom. The van der Waals surface area contributed by atoms with Crippen molar-refractivity contribution in [2.75, 3.05) is 26.2 Å². The minimum atomic E-state index is -0.840. The second-order valence-electron chi connectivity index (χ2n) is 16.4. The maximum Gasteiger partial charge on any atom is 0.312 e. The number of piperidine rings is 1. The molecule has 2 aliphatic carbocycles. The second-order valence-corrected chi connectivity index (χ2v) is 16.4. The predicted octanol–water partition coefficient (Wildman–Crippen LogP) is 7.30. The number of benzene rings is 3. The Bertz CT molecular complexity index is 1710. The van der Waals surface area contributed by atoms with E-state index in [1.165, 1.54) is 30.5 Å². The first-order valence-electron chi connectivity index (χ1n) is 20.9. The fourth-order valence-electron chi connectivity index (χ4n) is 10.2. The number of nitrogens with zero attached hydrogens (tertiary/aromatic N) is 3. The van der Waals surface area contributed by atoms with Crippen molar-refractivity contribution in [3.63, 3.8) is 0 Å². The number of ether oxygens (including phenoxy) is 1. The number of nitrogens with one attached hydrogen (secondary N) is 1. The molecule has 0 bridgehead atoms. The lowest BCUT2D eigenvalue weighted by Crippen LogP contribution is -2.68. The molecule has 9 heteroatoms. The van der Waals surface area contributed by atoms with Crippen molar-refractivity contribution in [3.05, 3.63) is 107 Å². The van der Waals surface area contributed by atoms with E-state index < -0.39 is 17.5 Å². The number of rotatable bonds is 12. The van der Waals surface area contributed by atoms with E-state index in [0.29, 0.717) is 51.7 Å². The summed E-state index contributed by atoms with van der Waals surface area (Å²) in [6, 6.07) is 26.3. The number of carbonyl (C=O) groups is 3. The lowest BCUT2D eigenvalue weighted by atomic mass is 9.63. The maximum absolute atomic E-state index is 14.9. The van der Waals surface area contributed by atoms with Gasteiger partial charge in [0.1, 0.15) is 17.9 Å². The van der Waals surface area contributed by atoms with E-state index in [4.69, 9.17) is 4.74 Å². The molecule has 0 aromatic heterocycles. The van der Waals surface area contributed by atoms with Crippen LogP contribution in [-0.2, 0) is 38.6 Å². The molecule has 294 valence electrons. The van der Waals surface area contributed by atoms with E-state index >= 15 is 0 Å². The Hall–Kier alpha value is -4.08. The van der Waals surface area contributed by atoms with Gasteiger partial charge in [0, 0.05) is 51.2 Å². The molecule has 4 atom stereocenters. The topological polar surface area (TPSA) is 82.2 Å². The van der Waals surface area contributed by atoms with Gasteiger partial charge in [-0.15, -0.1) is 0 Å². The molecule has 2 saturated heterocycles. The van der Waals surface area contributed by atoms with E-state index in [1.807, 2.05) is 24.0 Å². The van der Waals surface area contributed by atoms with Crippen LogP contribution < -0.4 is 5.32 Å². The average Bonchev–Trinajstić information content (AvgIpc) is 3.23. The molecule has 2 saturated carbocycles. The third-order valence-electron chi connectivity index (χ3n) is 13.1. The van der Waals surface area contributed by atoms with Crippen molar-refractivity contribution < 1.29 is 23.5 Å². The Kier molecular flexibility index (Phi) is 13.0. The van der Waals surface area contributed by atoms with Crippen LogP contribution in [0.25, 0.3) is 0 Å². The van der Waals surface area contributed by atoms with Gasteiger partial charge in [0.15, 0.2) is 0 Å². The third-order valence-corrected chi connectivity index (χ3v) is 13.1. The van der Waals surface area contributed by atoms with Crippen LogP contribution in [-0.4, -0.2) is 82.9 Å². The third kappa shape index (κ3) is 9.15. The summed E-state index contributed by atoms with van der Waals surface area (Å²) in [5, 5.41) is 3.29. The molecular weight excluding hydrogens is 692 g/mol. The number of piperazine rings is 1. The highest BCUT2D eigenvalue weighted by atomic mass is 19.1. The minimum Gasteiger partial charge on any atom is -0.466 e. The normalized spacial score (nSPS) is 24.0. The van der Waals surface area contributed by atoms with Crippen LogP contribution in [0.3, 0.4) is 0 Å². The summed E-state index contributed by atoms with van der Waals surface area (Å²) < 4.78 is 19.7. The Morgan fingerprint density at radius 3 is 2.00 bits per heavy atom.